The Morgan fingerprint density at radius 2 is 1.13 bits per heavy atom. The van der Waals surface area contributed by atoms with Crippen molar-refractivity contribution in [2.24, 2.45) is 5.92 Å². The molecule has 15 heavy (non-hydrogen) atoms. The highest BCUT2D eigenvalue weighted by molar-refractivity contribution is 4.75. The first-order chi connectivity index (χ1) is 7.43. The van der Waals surface area contributed by atoms with Crippen LogP contribution in [0.4, 0.5) is 0 Å². The molecule has 0 aliphatic heterocycles. The van der Waals surface area contributed by atoms with Gasteiger partial charge in [-0.1, -0.05) is 76.7 Å². The van der Waals surface area contributed by atoms with E-state index in [1.807, 2.05) is 0 Å². The van der Waals surface area contributed by atoms with Crippen LogP contribution in [0.25, 0.3) is 0 Å². The third kappa shape index (κ3) is 6.76. The molecule has 0 nitrogen and oxygen atoms in total. The highest BCUT2D eigenvalue weighted by atomic mass is 14.2. The van der Waals surface area contributed by atoms with Crippen LogP contribution >= 0.6 is 0 Å². The molecule has 0 saturated heterocycles. The van der Waals surface area contributed by atoms with Crippen molar-refractivity contribution in [1.29, 1.82) is 0 Å². The first-order valence-electron chi connectivity index (χ1n) is 7.04. The van der Waals surface area contributed by atoms with Gasteiger partial charge in [0.25, 0.3) is 0 Å². The van der Waals surface area contributed by atoms with E-state index in [-0.39, 0.29) is 0 Å². The van der Waals surface area contributed by atoms with Crippen molar-refractivity contribution in [3.05, 3.63) is 12.7 Å². The minimum absolute atomic E-state index is 0.983. The average Bonchev–Trinajstić information content (AvgIpc) is 2.34. The Balaban J connectivity index is 0.000000162. The minimum Gasteiger partial charge on any atom is -0.103 e. The number of hydrogen-bond acceptors (Lipinski definition) is 0. The molecule has 0 amide bonds. The molecule has 0 unspecified atom stereocenters. The van der Waals surface area contributed by atoms with Crippen molar-refractivity contribution in [2.45, 2.75) is 77.0 Å². The summed E-state index contributed by atoms with van der Waals surface area (Å²) in [6, 6.07) is 0. The van der Waals surface area contributed by atoms with Crippen molar-refractivity contribution < 1.29 is 0 Å². The molecular formula is C15H28. The smallest absolute Gasteiger partial charge is 0.0325 e. The van der Waals surface area contributed by atoms with E-state index < -0.39 is 0 Å². The molecule has 2 aliphatic rings. The van der Waals surface area contributed by atoms with Gasteiger partial charge in [0.15, 0.2) is 0 Å². The maximum atomic E-state index is 3.75. The second-order valence-electron chi connectivity index (χ2n) is 5.15. The zero-order chi connectivity index (χ0) is 10.8. The van der Waals surface area contributed by atoms with Gasteiger partial charge in [-0.2, -0.15) is 0 Å². The van der Waals surface area contributed by atoms with Gasteiger partial charge < -0.3 is 0 Å². The minimum atomic E-state index is 0.983. The first kappa shape index (κ1) is 12.8. The summed E-state index contributed by atoms with van der Waals surface area (Å²) in [4.78, 5) is 0. The molecule has 0 bridgehead atoms. The predicted octanol–water partition coefficient (Wildman–Crippen LogP) is 5.48. The van der Waals surface area contributed by atoms with Crippen LogP contribution in [0.3, 0.4) is 0 Å². The summed E-state index contributed by atoms with van der Waals surface area (Å²) in [5, 5.41) is 0. The van der Waals surface area contributed by atoms with E-state index in [2.05, 4.69) is 12.7 Å². The van der Waals surface area contributed by atoms with E-state index in [4.69, 9.17) is 0 Å². The first-order valence-corrected chi connectivity index (χ1v) is 7.04. The maximum Gasteiger partial charge on any atom is -0.0325 e. The van der Waals surface area contributed by atoms with Crippen molar-refractivity contribution in [2.75, 3.05) is 0 Å². The fraction of sp³-hybridized carbons (Fsp3) is 0.867. The molecule has 0 N–H and O–H groups in total. The van der Waals surface area contributed by atoms with Gasteiger partial charge in [-0.15, -0.1) is 6.58 Å². The normalized spacial score (nSPS) is 22.7. The topological polar surface area (TPSA) is 0 Å². The van der Waals surface area contributed by atoms with Crippen LogP contribution in [-0.4, -0.2) is 0 Å². The lowest BCUT2D eigenvalue weighted by Gasteiger charge is -2.19. The molecule has 2 saturated carbocycles. The lowest BCUT2D eigenvalue weighted by atomic mass is 9.87. The van der Waals surface area contributed by atoms with Gasteiger partial charge in [-0.3, -0.25) is 0 Å². The van der Waals surface area contributed by atoms with Gasteiger partial charge in [0.1, 0.15) is 0 Å². The van der Waals surface area contributed by atoms with Gasteiger partial charge in [0.2, 0.25) is 0 Å². The van der Waals surface area contributed by atoms with Gasteiger partial charge in [-0.05, 0) is 12.3 Å². The SMILES string of the molecule is C1CCCCC1.C=CCC1CCCCC1. The Bertz CT molecular complexity index is 127. The van der Waals surface area contributed by atoms with E-state index in [0.717, 1.165) is 5.92 Å². The van der Waals surface area contributed by atoms with Gasteiger partial charge in [0, 0.05) is 0 Å². The Kier molecular flexibility index (Phi) is 7.69. The maximum absolute atomic E-state index is 3.75. The highest BCUT2D eigenvalue weighted by Gasteiger charge is 2.10. The molecule has 0 aromatic heterocycles. The Hall–Kier alpha value is -0.260. The quantitative estimate of drug-likeness (QED) is 0.527. The second kappa shape index (κ2) is 9.00. The number of allylic oxidation sites excluding steroid dienone is 1. The van der Waals surface area contributed by atoms with Crippen LogP contribution < -0.4 is 0 Å². The van der Waals surface area contributed by atoms with E-state index in [9.17, 15) is 0 Å². The lowest BCUT2D eigenvalue weighted by molar-refractivity contribution is 0.361. The van der Waals surface area contributed by atoms with Gasteiger partial charge in [0.05, 0.1) is 0 Å². The molecule has 0 radical (unpaired) electrons. The summed E-state index contributed by atoms with van der Waals surface area (Å²) < 4.78 is 0. The average molecular weight is 208 g/mol. The van der Waals surface area contributed by atoms with Crippen molar-refractivity contribution in [3.63, 3.8) is 0 Å². The van der Waals surface area contributed by atoms with Gasteiger partial charge >= 0.3 is 0 Å². The Morgan fingerprint density at radius 3 is 1.53 bits per heavy atom. The van der Waals surface area contributed by atoms with Crippen LogP contribution in [-0.2, 0) is 0 Å². The zero-order valence-electron chi connectivity index (χ0n) is 10.3. The molecule has 0 atom stereocenters. The number of hydrogen-bond donors (Lipinski definition) is 0. The van der Waals surface area contributed by atoms with Crippen LogP contribution in [0.15, 0.2) is 12.7 Å². The summed E-state index contributed by atoms with van der Waals surface area (Å²) in [5.41, 5.74) is 0. The molecule has 2 rings (SSSR count). The fourth-order valence-corrected chi connectivity index (χ4v) is 2.72. The molecule has 0 heterocycles. The predicted molar refractivity (Wildman–Crippen MR) is 69.1 cm³/mol. The molecule has 0 heteroatoms. The van der Waals surface area contributed by atoms with Crippen LogP contribution in [0, 0.1) is 5.92 Å². The molecule has 0 spiro atoms. The van der Waals surface area contributed by atoms with E-state index in [1.54, 1.807) is 0 Å². The van der Waals surface area contributed by atoms with Crippen molar-refractivity contribution in [3.8, 4) is 0 Å². The standard InChI is InChI=1S/C9H16.C6H12/c1-2-6-9-7-4-3-5-8-9;1-2-4-6-5-3-1/h2,9H,1,3-8H2;1-6H2. The molecule has 88 valence electrons. The largest absolute Gasteiger partial charge is 0.103 e. The Labute approximate surface area is 96.2 Å². The molecular weight excluding hydrogens is 180 g/mol. The van der Waals surface area contributed by atoms with Crippen molar-refractivity contribution >= 4 is 0 Å². The summed E-state index contributed by atoms with van der Waals surface area (Å²) >= 11 is 0. The summed E-state index contributed by atoms with van der Waals surface area (Å²) in [5.74, 6) is 0.983. The molecule has 0 aromatic rings. The van der Waals surface area contributed by atoms with Crippen LogP contribution in [0.5, 0.6) is 0 Å². The van der Waals surface area contributed by atoms with Crippen LogP contribution in [0.1, 0.15) is 77.0 Å². The second-order valence-corrected chi connectivity index (χ2v) is 5.15. The fourth-order valence-electron chi connectivity index (χ4n) is 2.72. The third-order valence-electron chi connectivity index (χ3n) is 3.72. The van der Waals surface area contributed by atoms with E-state index in [0.29, 0.717) is 0 Å². The molecule has 0 aromatic carbocycles. The summed E-state index contributed by atoms with van der Waals surface area (Å²) in [6.07, 6.45) is 19.6. The van der Waals surface area contributed by atoms with Crippen LogP contribution in [0.2, 0.25) is 0 Å². The third-order valence-corrected chi connectivity index (χ3v) is 3.72. The van der Waals surface area contributed by atoms with Crippen molar-refractivity contribution in [1.82, 2.24) is 0 Å². The van der Waals surface area contributed by atoms with Gasteiger partial charge in [-0.25, -0.2) is 0 Å². The molecule has 2 aliphatic carbocycles. The zero-order valence-corrected chi connectivity index (χ0v) is 10.3. The Morgan fingerprint density at radius 1 is 0.733 bits per heavy atom. The lowest BCUT2D eigenvalue weighted by Crippen LogP contribution is -2.04. The number of rotatable bonds is 2. The van der Waals surface area contributed by atoms with E-state index >= 15 is 0 Å². The monoisotopic (exact) mass is 208 g/mol. The molecule has 2 fully saturated rings. The highest BCUT2D eigenvalue weighted by Crippen LogP contribution is 2.26. The summed E-state index contributed by atoms with van der Waals surface area (Å²) in [6.45, 7) is 3.75. The van der Waals surface area contributed by atoms with E-state index in [1.165, 1.54) is 77.0 Å². The summed E-state index contributed by atoms with van der Waals surface area (Å²) in [7, 11) is 0.